The second kappa shape index (κ2) is 5.86. The zero-order chi connectivity index (χ0) is 13.0. The number of ketones is 1. The molecule has 0 fully saturated rings. The number of carbonyl (C=O) groups excluding carboxylic acids is 1. The molecule has 0 atom stereocenters. The minimum absolute atomic E-state index is 0.0276. The summed E-state index contributed by atoms with van der Waals surface area (Å²) in [6.45, 7) is 4.29. The van der Waals surface area contributed by atoms with Gasteiger partial charge in [-0.05, 0) is 30.4 Å². The fourth-order valence-electron chi connectivity index (χ4n) is 1.88. The van der Waals surface area contributed by atoms with Gasteiger partial charge in [-0.25, -0.2) is 0 Å². The van der Waals surface area contributed by atoms with E-state index in [9.17, 15) is 4.79 Å². The number of Topliss-reactive ketones (excluding diaryl/α,β-unsaturated/α-hetero) is 1. The average molecular weight is 264 g/mol. The van der Waals surface area contributed by atoms with Crippen LogP contribution in [0.5, 0.6) is 0 Å². The lowest BCUT2D eigenvalue weighted by Gasteiger charge is -2.12. The molecule has 18 heavy (non-hydrogen) atoms. The first-order chi connectivity index (χ1) is 8.74. The number of rotatable bonds is 6. The number of hydrogen-bond acceptors (Lipinski definition) is 5. The van der Waals surface area contributed by atoms with Crippen LogP contribution in [0.15, 0.2) is 18.5 Å². The second-order valence-electron chi connectivity index (χ2n) is 4.14. The zero-order valence-electron chi connectivity index (χ0n) is 10.5. The molecule has 2 heterocycles. The topological polar surface area (TPSA) is 60.7 Å². The average Bonchev–Trinajstić information content (AvgIpc) is 3.01. The first-order valence-corrected chi connectivity index (χ1v) is 6.86. The van der Waals surface area contributed by atoms with Crippen molar-refractivity contribution in [2.45, 2.75) is 39.2 Å². The van der Waals surface area contributed by atoms with E-state index in [0.717, 1.165) is 30.1 Å². The van der Waals surface area contributed by atoms with E-state index in [2.05, 4.69) is 28.5 Å². The highest BCUT2D eigenvalue weighted by molar-refractivity contribution is 7.07. The highest BCUT2D eigenvalue weighted by Gasteiger charge is 2.13. The van der Waals surface area contributed by atoms with Gasteiger partial charge in [0.05, 0.1) is 24.4 Å². The van der Waals surface area contributed by atoms with Gasteiger partial charge < -0.3 is 0 Å². The predicted octanol–water partition coefficient (Wildman–Crippen LogP) is 2.52. The summed E-state index contributed by atoms with van der Waals surface area (Å²) in [6, 6.07) is 2.32. The van der Waals surface area contributed by atoms with Gasteiger partial charge >= 0.3 is 0 Å². The third-order valence-electron chi connectivity index (χ3n) is 2.96. The summed E-state index contributed by atoms with van der Waals surface area (Å²) in [5.74, 6) is 0.0276. The fourth-order valence-corrected chi connectivity index (χ4v) is 2.33. The van der Waals surface area contributed by atoms with Gasteiger partial charge in [-0.3, -0.25) is 9.48 Å². The van der Waals surface area contributed by atoms with Gasteiger partial charge in [-0.15, -0.1) is 5.10 Å². The summed E-state index contributed by atoms with van der Waals surface area (Å²) in [5, 5.41) is 8.13. The molecule has 0 spiro atoms. The van der Waals surface area contributed by atoms with Crippen LogP contribution >= 0.6 is 11.5 Å². The normalized spacial score (nSPS) is 11.1. The first-order valence-electron chi connectivity index (χ1n) is 6.09. The van der Waals surface area contributed by atoms with Gasteiger partial charge in [0, 0.05) is 6.20 Å². The van der Waals surface area contributed by atoms with E-state index < -0.39 is 0 Å². The Hall–Kier alpha value is -1.56. The maximum Gasteiger partial charge on any atom is 0.182 e. The minimum Gasteiger partial charge on any atom is -0.293 e. The third kappa shape index (κ3) is 2.81. The molecule has 0 saturated carbocycles. The Bertz CT molecular complexity index is 502. The Morgan fingerprint density at radius 3 is 2.83 bits per heavy atom. The van der Waals surface area contributed by atoms with Crippen molar-refractivity contribution in [2.24, 2.45) is 0 Å². The van der Waals surface area contributed by atoms with Crippen LogP contribution < -0.4 is 0 Å². The van der Waals surface area contributed by atoms with Crippen molar-refractivity contribution in [1.82, 2.24) is 19.4 Å². The maximum absolute atomic E-state index is 11.9. The molecular formula is C12H16N4OS. The van der Waals surface area contributed by atoms with E-state index in [4.69, 9.17) is 0 Å². The molecular weight excluding hydrogens is 248 g/mol. The summed E-state index contributed by atoms with van der Waals surface area (Å²) in [4.78, 5) is 12.5. The van der Waals surface area contributed by atoms with Crippen LogP contribution in [0.1, 0.15) is 48.1 Å². The van der Waals surface area contributed by atoms with Gasteiger partial charge in [0.15, 0.2) is 5.78 Å². The molecule has 0 saturated heterocycles. The van der Waals surface area contributed by atoms with Crippen molar-refractivity contribution in [2.75, 3.05) is 0 Å². The molecule has 2 rings (SSSR count). The first kappa shape index (κ1) is 12.9. The molecule has 0 N–H and O–H groups in total. The lowest BCUT2D eigenvalue weighted by Crippen LogP contribution is -2.09. The smallest absolute Gasteiger partial charge is 0.182 e. The SMILES string of the molecule is CCC(CC)n1ccc(CC(=O)c2cnns2)n1. The van der Waals surface area contributed by atoms with E-state index in [1.54, 1.807) is 0 Å². The number of nitrogens with zero attached hydrogens (tertiary/aromatic N) is 4. The van der Waals surface area contributed by atoms with Crippen LogP contribution in [0.2, 0.25) is 0 Å². The molecule has 0 amide bonds. The van der Waals surface area contributed by atoms with Crippen LogP contribution in [0.4, 0.5) is 0 Å². The molecule has 0 unspecified atom stereocenters. The molecule has 0 bridgehead atoms. The standard InChI is InChI=1S/C12H16N4OS/c1-3-10(4-2)16-6-5-9(14-16)7-11(17)12-8-13-15-18-12/h5-6,8,10H,3-4,7H2,1-2H3. The molecule has 0 aromatic carbocycles. The predicted molar refractivity (Wildman–Crippen MR) is 69.8 cm³/mol. The monoisotopic (exact) mass is 264 g/mol. The lowest BCUT2D eigenvalue weighted by molar-refractivity contribution is 0.0995. The van der Waals surface area contributed by atoms with Crippen molar-refractivity contribution in [3.05, 3.63) is 29.0 Å². The molecule has 0 aliphatic rings. The molecule has 0 aliphatic carbocycles. The molecule has 5 nitrogen and oxygen atoms in total. The largest absolute Gasteiger partial charge is 0.293 e. The molecule has 2 aromatic rings. The van der Waals surface area contributed by atoms with Gasteiger partial charge in [-0.2, -0.15) is 5.10 Å². The molecule has 6 heteroatoms. The molecule has 2 aromatic heterocycles. The highest BCUT2D eigenvalue weighted by atomic mass is 32.1. The number of carbonyl (C=O) groups is 1. The van der Waals surface area contributed by atoms with Gasteiger partial charge in [0.2, 0.25) is 0 Å². The number of aromatic nitrogens is 4. The minimum atomic E-state index is 0.0276. The van der Waals surface area contributed by atoms with Crippen molar-refractivity contribution in [1.29, 1.82) is 0 Å². The highest BCUT2D eigenvalue weighted by Crippen LogP contribution is 2.15. The van der Waals surface area contributed by atoms with E-state index >= 15 is 0 Å². The summed E-state index contributed by atoms with van der Waals surface area (Å²) in [7, 11) is 0. The van der Waals surface area contributed by atoms with E-state index in [1.807, 2.05) is 16.9 Å². The van der Waals surface area contributed by atoms with Crippen LogP contribution in [-0.4, -0.2) is 25.2 Å². The van der Waals surface area contributed by atoms with Crippen molar-refractivity contribution < 1.29 is 4.79 Å². The Morgan fingerprint density at radius 1 is 1.44 bits per heavy atom. The Morgan fingerprint density at radius 2 is 2.22 bits per heavy atom. The number of hydrogen-bond donors (Lipinski definition) is 0. The summed E-state index contributed by atoms with van der Waals surface area (Å²) in [6.07, 6.45) is 5.86. The van der Waals surface area contributed by atoms with Gasteiger partial charge in [0.25, 0.3) is 0 Å². The second-order valence-corrected chi connectivity index (χ2v) is 4.92. The van der Waals surface area contributed by atoms with Crippen LogP contribution in [0.3, 0.4) is 0 Å². The summed E-state index contributed by atoms with van der Waals surface area (Å²) < 4.78 is 5.64. The summed E-state index contributed by atoms with van der Waals surface area (Å²) >= 11 is 1.13. The van der Waals surface area contributed by atoms with Crippen molar-refractivity contribution in [3.8, 4) is 0 Å². The fraction of sp³-hybridized carbons (Fsp3) is 0.500. The van der Waals surface area contributed by atoms with Crippen LogP contribution in [0, 0.1) is 0 Å². The lowest BCUT2D eigenvalue weighted by atomic mass is 10.2. The quantitative estimate of drug-likeness (QED) is 0.752. The zero-order valence-corrected chi connectivity index (χ0v) is 11.4. The van der Waals surface area contributed by atoms with Crippen molar-refractivity contribution >= 4 is 17.3 Å². The summed E-state index contributed by atoms with van der Waals surface area (Å²) in [5.41, 5.74) is 0.806. The van der Waals surface area contributed by atoms with E-state index in [1.165, 1.54) is 6.20 Å². The molecule has 0 aliphatic heterocycles. The van der Waals surface area contributed by atoms with Gasteiger partial charge in [0.1, 0.15) is 4.88 Å². The Balaban J connectivity index is 2.05. The van der Waals surface area contributed by atoms with Crippen LogP contribution in [0.25, 0.3) is 0 Å². The molecule has 0 radical (unpaired) electrons. The third-order valence-corrected chi connectivity index (χ3v) is 3.66. The maximum atomic E-state index is 11.9. The van der Waals surface area contributed by atoms with Crippen LogP contribution in [-0.2, 0) is 6.42 Å². The molecule has 96 valence electrons. The Kier molecular flexibility index (Phi) is 4.19. The van der Waals surface area contributed by atoms with Crippen molar-refractivity contribution in [3.63, 3.8) is 0 Å². The van der Waals surface area contributed by atoms with Gasteiger partial charge in [-0.1, -0.05) is 18.3 Å². The van der Waals surface area contributed by atoms with E-state index in [0.29, 0.717) is 17.3 Å². The van der Waals surface area contributed by atoms with E-state index in [-0.39, 0.29) is 5.78 Å². The Labute approximate surface area is 110 Å².